The van der Waals surface area contributed by atoms with Gasteiger partial charge in [0, 0.05) is 25.3 Å². The highest BCUT2D eigenvalue weighted by Crippen LogP contribution is 2.18. The number of alkyl carbamates (subject to hydrolysis) is 1. The normalized spacial score (nSPS) is 21.7. The molecule has 0 saturated carbocycles. The van der Waals surface area contributed by atoms with E-state index in [0.717, 1.165) is 12.1 Å². The van der Waals surface area contributed by atoms with Crippen molar-refractivity contribution in [2.75, 3.05) is 27.5 Å². The Labute approximate surface area is 125 Å². The van der Waals surface area contributed by atoms with Gasteiger partial charge in [-0.05, 0) is 12.8 Å². The van der Waals surface area contributed by atoms with E-state index in [0.29, 0.717) is 13.3 Å². The summed E-state index contributed by atoms with van der Waals surface area (Å²) in [6, 6.07) is -0.532. The quantitative estimate of drug-likeness (QED) is 0.822. The Balaban J connectivity index is 2.77. The van der Waals surface area contributed by atoms with E-state index in [-0.39, 0.29) is 17.9 Å². The summed E-state index contributed by atoms with van der Waals surface area (Å²) in [6.07, 6.45) is 0.139. The Morgan fingerprint density at radius 3 is 2.62 bits per heavy atom. The van der Waals surface area contributed by atoms with Gasteiger partial charge in [-0.3, -0.25) is 9.79 Å². The van der Waals surface area contributed by atoms with E-state index < -0.39 is 12.1 Å². The molecule has 1 saturated heterocycles. The topological polar surface area (TPSA) is 80.2 Å². The maximum Gasteiger partial charge on any atom is 0.407 e. The van der Waals surface area contributed by atoms with Crippen LogP contribution in [0.25, 0.3) is 0 Å². The third-order valence-electron chi connectivity index (χ3n) is 3.51. The van der Waals surface area contributed by atoms with Crippen LogP contribution in [0.15, 0.2) is 4.99 Å². The largest absolute Gasteiger partial charge is 0.453 e. The van der Waals surface area contributed by atoms with Gasteiger partial charge in [-0.2, -0.15) is 0 Å². The van der Waals surface area contributed by atoms with E-state index >= 15 is 0 Å². The molecule has 7 nitrogen and oxygen atoms in total. The molecule has 1 rings (SSSR count). The van der Waals surface area contributed by atoms with Crippen molar-refractivity contribution in [3.8, 4) is 0 Å². The Hall–Kier alpha value is -1.63. The third kappa shape index (κ3) is 4.70. The highest BCUT2D eigenvalue weighted by molar-refractivity contribution is 5.96. The molecule has 0 bridgehead atoms. The predicted octanol–water partition coefficient (Wildman–Crippen LogP) is 1.03. The molecule has 0 aromatic rings. The van der Waals surface area contributed by atoms with E-state index in [4.69, 9.17) is 4.74 Å². The van der Waals surface area contributed by atoms with Gasteiger partial charge in [0.2, 0.25) is 5.91 Å². The molecule has 1 heterocycles. The third-order valence-corrected chi connectivity index (χ3v) is 3.51. The van der Waals surface area contributed by atoms with Crippen LogP contribution in [0.1, 0.15) is 27.2 Å². The van der Waals surface area contributed by atoms with Crippen molar-refractivity contribution in [1.82, 2.24) is 10.2 Å². The lowest BCUT2D eigenvalue weighted by Gasteiger charge is -2.28. The van der Waals surface area contributed by atoms with Crippen LogP contribution in [-0.2, 0) is 14.3 Å². The number of amides is 2. The second-order valence-electron chi connectivity index (χ2n) is 5.52. The summed E-state index contributed by atoms with van der Waals surface area (Å²) in [7, 11) is 2.87. The first-order valence-corrected chi connectivity index (χ1v) is 7.06. The Morgan fingerprint density at radius 1 is 1.43 bits per heavy atom. The van der Waals surface area contributed by atoms with Crippen LogP contribution >= 0.6 is 0 Å². The number of nitrogens with zero attached hydrogens (tertiary/aromatic N) is 2. The molecule has 0 unspecified atom stereocenters. The van der Waals surface area contributed by atoms with Crippen LogP contribution < -0.4 is 5.32 Å². The number of hydrogen-bond acceptors (Lipinski definition) is 5. The lowest BCUT2D eigenvalue weighted by atomic mass is 10.0. The van der Waals surface area contributed by atoms with Gasteiger partial charge < -0.3 is 19.7 Å². The molecular formula is C14H25N3O4. The molecule has 1 N–H and O–H groups in total. The second kappa shape index (κ2) is 7.97. The van der Waals surface area contributed by atoms with Crippen molar-refractivity contribution >= 4 is 17.7 Å². The van der Waals surface area contributed by atoms with Crippen LogP contribution in [0, 0.1) is 5.92 Å². The van der Waals surface area contributed by atoms with Gasteiger partial charge >= 0.3 is 6.09 Å². The number of carbonyl (C=O) groups excluding carboxylic acids is 2. The molecule has 1 aliphatic heterocycles. The number of methoxy groups -OCH3 is 2. The van der Waals surface area contributed by atoms with E-state index in [9.17, 15) is 9.59 Å². The van der Waals surface area contributed by atoms with Crippen LogP contribution in [0.4, 0.5) is 4.79 Å². The standard InChI is InChI=1S/C14H25N3O4/c1-9(2)12(16-14(19)21-5)13(18)17-7-11(6-10(17)3)15-8-20-4/h9-10,12H,6-8H2,1-5H3,(H,16,19)/b15-11+/t10-,12+/m1/s1. The molecule has 0 aromatic carbocycles. The van der Waals surface area contributed by atoms with Crippen molar-refractivity contribution in [1.29, 1.82) is 0 Å². The lowest BCUT2D eigenvalue weighted by Crippen LogP contribution is -2.52. The number of carbonyl (C=O) groups is 2. The zero-order valence-electron chi connectivity index (χ0n) is 13.4. The Kier molecular flexibility index (Phi) is 6.61. The average molecular weight is 299 g/mol. The zero-order chi connectivity index (χ0) is 16.0. The SMILES string of the molecule is COC/N=C1\C[C@@H](C)N(C(=O)[C@@H](NC(=O)OC)C(C)C)C1. The summed E-state index contributed by atoms with van der Waals surface area (Å²) >= 11 is 0. The van der Waals surface area contributed by atoms with Crippen molar-refractivity contribution in [2.45, 2.75) is 39.3 Å². The van der Waals surface area contributed by atoms with Crippen molar-refractivity contribution in [3.63, 3.8) is 0 Å². The number of aliphatic imine (C=N–C) groups is 1. The smallest absolute Gasteiger partial charge is 0.407 e. The minimum absolute atomic E-state index is 0.0243. The minimum atomic E-state index is -0.596. The van der Waals surface area contributed by atoms with E-state index in [2.05, 4.69) is 15.0 Å². The van der Waals surface area contributed by atoms with E-state index in [1.165, 1.54) is 7.11 Å². The van der Waals surface area contributed by atoms with Gasteiger partial charge in [-0.25, -0.2) is 4.79 Å². The average Bonchev–Trinajstić information content (AvgIpc) is 2.82. The fourth-order valence-corrected chi connectivity index (χ4v) is 2.31. The van der Waals surface area contributed by atoms with Crippen LogP contribution in [0.2, 0.25) is 0 Å². The number of ether oxygens (including phenoxy) is 2. The van der Waals surface area contributed by atoms with E-state index in [1.807, 2.05) is 20.8 Å². The van der Waals surface area contributed by atoms with Gasteiger partial charge in [0.25, 0.3) is 0 Å². The Morgan fingerprint density at radius 2 is 2.10 bits per heavy atom. The summed E-state index contributed by atoms with van der Waals surface area (Å²) in [5, 5.41) is 2.60. The highest BCUT2D eigenvalue weighted by atomic mass is 16.5. The van der Waals surface area contributed by atoms with E-state index in [1.54, 1.807) is 12.0 Å². The van der Waals surface area contributed by atoms with Crippen LogP contribution in [0.3, 0.4) is 0 Å². The first kappa shape index (κ1) is 17.4. The lowest BCUT2D eigenvalue weighted by molar-refractivity contribution is -0.134. The first-order chi connectivity index (χ1) is 9.90. The number of nitrogens with one attached hydrogen (secondary N) is 1. The molecule has 0 radical (unpaired) electrons. The summed E-state index contributed by atoms with van der Waals surface area (Å²) in [4.78, 5) is 30.1. The predicted molar refractivity (Wildman–Crippen MR) is 79.3 cm³/mol. The van der Waals surface area contributed by atoms with Crippen LogP contribution in [0.5, 0.6) is 0 Å². The zero-order valence-corrected chi connectivity index (χ0v) is 13.4. The summed E-state index contributed by atoms with van der Waals surface area (Å²) in [5.74, 6) is -0.130. The molecule has 1 aliphatic rings. The fraction of sp³-hybridized carbons (Fsp3) is 0.786. The van der Waals surface area contributed by atoms with Crippen molar-refractivity contribution < 1.29 is 19.1 Å². The summed E-state index contributed by atoms with van der Waals surface area (Å²) < 4.78 is 9.51. The Bertz CT molecular complexity index is 409. The minimum Gasteiger partial charge on any atom is -0.453 e. The number of hydrogen-bond donors (Lipinski definition) is 1. The fourth-order valence-electron chi connectivity index (χ4n) is 2.31. The summed E-state index contributed by atoms with van der Waals surface area (Å²) in [5.41, 5.74) is 0.943. The van der Waals surface area contributed by atoms with Crippen molar-refractivity contribution in [3.05, 3.63) is 0 Å². The monoisotopic (exact) mass is 299 g/mol. The van der Waals surface area contributed by atoms with Gasteiger partial charge in [0.05, 0.1) is 13.7 Å². The van der Waals surface area contributed by atoms with Crippen LogP contribution in [-0.4, -0.2) is 62.2 Å². The molecule has 0 spiro atoms. The molecular weight excluding hydrogens is 274 g/mol. The highest BCUT2D eigenvalue weighted by Gasteiger charge is 2.35. The maximum atomic E-state index is 12.6. The molecule has 2 atom stereocenters. The summed E-state index contributed by atoms with van der Waals surface area (Å²) in [6.45, 7) is 6.54. The maximum absolute atomic E-state index is 12.6. The molecule has 0 aromatic heterocycles. The van der Waals surface area contributed by atoms with Crippen molar-refractivity contribution in [2.24, 2.45) is 10.9 Å². The molecule has 0 aliphatic carbocycles. The second-order valence-corrected chi connectivity index (χ2v) is 5.52. The van der Waals surface area contributed by atoms with Gasteiger partial charge in [0.1, 0.15) is 12.8 Å². The molecule has 21 heavy (non-hydrogen) atoms. The number of rotatable bonds is 5. The van der Waals surface area contributed by atoms with Gasteiger partial charge in [-0.1, -0.05) is 13.8 Å². The van der Waals surface area contributed by atoms with Gasteiger partial charge in [-0.15, -0.1) is 0 Å². The molecule has 1 fully saturated rings. The first-order valence-electron chi connectivity index (χ1n) is 7.06. The molecule has 7 heteroatoms. The molecule has 120 valence electrons. The van der Waals surface area contributed by atoms with Gasteiger partial charge in [0.15, 0.2) is 0 Å². The molecule has 2 amide bonds. The number of likely N-dealkylation sites (tertiary alicyclic amines) is 1.